The zero-order chi connectivity index (χ0) is 12.1. The molecule has 16 heavy (non-hydrogen) atoms. The molecule has 0 fully saturated rings. The smallest absolute Gasteiger partial charge is 0.275 e. The van der Waals surface area contributed by atoms with Gasteiger partial charge >= 0.3 is 0 Å². The number of nitro benzene ring substituents is 1. The van der Waals surface area contributed by atoms with Crippen molar-refractivity contribution >= 4 is 17.3 Å². The summed E-state index contributed by atoms with van der Waals surface area (Å²) in [6.45, 7) is 1.60. The Labute approximate surface area is 98.9 Å². The molecule has 0 saturated carbocycles. The molecule has 6 heteroatoms. The summed E-state index contributed by atoms with van der Waals surface area (Å²) in [4.78, 5) is 12.3. The minimum Gasteiger partial charge on any atom is -0.329 e. The topological polar surface area (TPSA) is 72.4 Å². The van der Waals surface area contributed by atoms with Gasteiger partial charge in [-0.2, -0.15) is 0 Å². The van der Waals surface area contributed by atoms with E-state index in [4.69, 9.17) is 17.3 Å². The molecule has 2 N–H and O–H groups in total. The number of likely N-dealkylation sites (N-methyl/N-ethyl adjacent to an activating group) is 1. The molecule has 0 atom stereocenters. The Balaban J connectivity index is 2.97. The highest BCUT2D eigenvalue weighted by atomic mass is 35.5. The first-order valence-corrected chi connectivity index (χ1v) is 5.24. The quantitative estimate of drug-likeness (QED) is 0.630. The van der Waals surface area contributed by atoms with Crippen LogP contribution in [-0.4, -0.2) is 30.0 Å². The van der Waals surface area contributed by atoms with Gasteiger partial charge in [-0.25, -0.2) is 0 Å². The van der Waals surface area contributed by atoms with E-state index in [1.165, 1.54) is 6.07 Å². The monoisotopic (exact) mass is 243 g/mol. The largest absolute Gasteiger partial charge is 0.329 e. The van der Waals surface area contributed by atoms with Crippen LogP contribution in [0.4, 0.5) is 5.69 Å². The Hall–Kier alpha value is -1.17. The molecule has 0 heterocycles. The molecule has 88 valence electrons. The first-order valence-electron chi connectivity index (χ1n) is 4.86. The average Bonchev–Trinajstić information content (AvgIpc) is 2.21. The number of benzene rings is 1. The van der Waals surface area contributed by atoms with Crippen molar-refractivity contribution in [3.05, 3.63) is 38.9 Å². The lowest BCUT2D eigenvalue weighted by molar-refractivity contribution is -0.385. The minimum absolute atomic E-state index is 0.0522. The summed E-state index contributed by atoms with van der Waals surface area (Å²) in [6.07, 6.45) is 0. The second kappa shape index (κ2) is 5.79. The fraction of sp³-hybridized carbons (Fsp3) is 0.400. The van der Waals surface area contributed by atoms with Crippen LogP contribution in [0.15, 0.2) is 18.2 Å². The lowest BCUT2D eigenvalue weighted by Crippen LogP contribution is -2.25. The number of hydrogen-bond acceptors (Lipinski definition) is 4. The lowest BCUT2D eigenvalue weighted by atomic mass is 10.1. The minimum atomic E-state index is -0.419. The predicted octanol–water partition coefficient (Wildman–Crippen LogP) is 1.64. The predicted molar refractivity (Wildman–Crippen MR) is 63.5 cm³/mol. The molecular formula is C10H14ClN3O2. The maximum absolute atomic E-state index is 10.8. The van der Waals surface area contributed by atoms with Gasteiger partial charge in [-0.15, -0.1) is 0 Å². The van der Waals surface area contributed by atoms with Gasteiger partial charge in [-0.3, -0.25) is 10.1 Å². The van der Waals surface area contributed by atoms with E-state index < -0.39 is 4.92 Å². The summed E-state index contributed by atoms with van der Waals surface area (Å²) in [5, 5.41) is 11.2. The molecule has 1 rings (SSSR count). The van der Waals surface area contributed by atoms with Crippen molar-refractivity contribution in [1.82, 2.24) is 4.90 Å². The zero-order valence-corrected chi connectivity index (χ0v) is 9.78. The van der Waals surface area contributed by atoms with Crippen LogP contribution in [0.5, 0.6) is 0 Å². The molecule has 0 aromatic heterocycles. The molecule has 5 nitrogen and oxygen atoms in total. The Morgan fingerprint density at radius 3 is 2.81 bits per heavy atom. The van der Waals surface area contributed by atoms with Gasteiger partial charge in [0.2, 0.25) is 0 Å². The van der Waals surface area contributed by atoms with E-state index in [-0.39, 0.29) is 5.69 Å². The first kappa shape index (κ1) is 12.9. The van der Waals surface area contributed by atoms with Crippen molar-refractivity contribution in [3.63, 3.8) is 0 Å². The van der Waals surface area contributed by atoms with Crippen molar-refractivity contribution in [1.29, 1.82) is 0 Å². The standard InChI is InChI=1S/C10H14ClN3O2/c1-13(6-5-12)7-8-9(11)3-2-4-10(8)14(15)16/h2-4H,5-7,12H2,1H3. The fourth-order valence-corrected chi connectivity index (χ4v) is 1.67. The van der Waals surface area contributed by atoms with Gasteiger partial charge in [-0.05, 0) is 13.1 Å². The van der Waals surface area contributed by atoms with Gasteiger partial charge in [0.25, 0.3) is 5.69 Å². The second-order valence-electron chi connectivity index (χ2n) is 3.52. The van der Waals surface area contributed by atoms with Crippen LogP contribution >= 0.6 is 11.6 Å². The van der Waals surface area contributed by atoms with Crippen LogP contribution in [-0.2, 0) is 6.54 Å². The molecule has 0 amide bonds. The number of nitro groups is 1. The molecule has 0 aliphatic heterocycles. The number of halogens is 1. The van der Waals surface area contributed by atoms with Crippen LogP contribution in [0.1, 0.15) is 5.56 Å². The number of nitrogens with zero attached hydrogens (tertiary/aromatic N) is 2. The van der Waals surface area contributed by atoms with Crippen molar-refractivity contribution in [2.24, 2.45) is 5.73 Å². The summed E-state index contributed by atoms with van der Waals surface area (Å²) < 4.78 is 0. The van der Waals surface area contributed by atoms with E-state index >= 15 is 0 Å². The van der Waals surface area contributed by atoms with Gasteiger partial charge in [0.1, 0.15) is 0 Å². The van der Waals surface area contributed by atoms with Gasteiger partial charge in [0.05, 0.1) is 15.5 Å². The highest BCUT2D eigenvalue weighted by Gasteiger charge is 2.17. The summed E-state index contributed by atoms with van der Waals surface area (Å²) >= 11 is 5.96. The summed E-state index contributed by atoms with van der Waals surface area (Å²) in [7, 11) is 1.85. The first-order chi connectivity index (χ1) is 7.56. The van der Waals surface area contributed by atoms with Crippen LogP contribution in [0.2, 0.25) is 5.02 Å². The third-order valence-corrected chi connectivity index (χ3v) is 2.58. The molecule has 0 radical (unpaired) electrons. The molecule has 0 bridgehead atoms. The van der Waals surface area contributed by atoms with Gasteiger partial charge in [0, 0.05) is 25.7 Å². The third kappa shape index (κ3) is 3.16. The van der Waals surface area contributed by atoms with E-state index in [1.54, 1.807) is 12.1 Å². The average molecular weight is 244 g/mol. The highest BCUT2D eigenvalue weighted by Crippen LogP contribution is 2.27. The van der Waals surface area contributed by atoms with E-state index in [1.807, 2.05) is 11.9 Å². The Morgan fingerprint density at radius 2 is 2.25 bits per heavy atom. The fourth-order valence-electron chi connectivity index (χ4n) is 1.44. The molecule has 0 aliphatic carbocycles. The molecule has 1 aromatic carbocycles. The lowest BCUT2D eigenvalue weighted by Gasteiger charge is -2.16. The maximum atomic E-state index is 10.8. The molecule has 0 spiro atoms. The Morgan fingerprint density at radius 1 is 1.56 bits per heavy atom. The zero-order valence-electron chi connectivity index (χ0n) is 9.02. The van der Waals surface area contributed by atoms with Crippen molar-refractivity contribution in [2.45, 2.75) is 6.54 Å². The molecular weight excluding hydrogens is 230 g/mol. The SMILES string of the molecule is CN(CCN)Cc1c(Cl)cccc1[N+](=O)[O-]. The molecule has 0 unspecified atom stereocenters. The number of hydrogen-bond donors (Lipinski definition) is 1. The van der Waals surface area contributed by atoms with Crippen molar-refractivity contribution in [3.8, 4) is 0 Å². The summed E-state index contributed by atoms with van der Waals surface area (Å²) in [5.41, 5.74) is 6.00. The normalized spacial score (nSPS) is 10.8. The molecule has 0 aliphatic rings. The van der Waals surface area contributed by atoms with E-state index in [9.17, 15) is 10.1 Å². The number of rotatable bonds is 5. The van der Waals surface area contributed by atoms with E-state index in [2.05, 4.69) is 0 Å². The summed E-state index contributed by atoms with van der Waals surface area (Å²) in [6, 6.07) is 4.69. The maximum Gasteiger partial charge on any atom is 0.275 e. The summed E-state index contributed by atoms with van der Waals surface area (Å²) in [5.74, 6) is 0. The third-order valence-electron chi connectivity index (χ3n) is 2.23. The van der Waals surface area contributed by atoms with E-state index in [0.717, 1.165) is 0 Å². The van der Waals surface area contributed by atoms with Crippen LogP contribution < -0.4 is 5.73 Å². The van der Waals surface area contributed by atoms with Crippen LogP contribution in [0.25, 0.3) is 0 Å². The van der Waals surface area contributed by atoms with Gasteiger partial charge in [0.15, 0.2) is 0 Å². The Bertz CT molecular complexity index is 384. The van der Waals surface area contributed by atoms with Crippen molar-refractivity contribution < 1.29 is 4.92 Å². The van der Waals surface area contributed by atoms with Crippen LogP contribution in [0.3, 0.4) is 0 Å². The number of nitrogens with two attached hydrogens (primary N) is 1. The van der Waals surface area contributed by atoms with Crippen molar-refractivity contribution in [2.75, 3.05) is 20.1 Å². The Kier molecular flexibility index (Phi) is 4.67. The molecule has 1 aromatic rings. The van der Waals surface area contributed by atoms with E-state index in [0.29, 0.717) is 30.2 Å². The highest BCUT2D eigenvalue weighted by molar-refractivity contribution is 6.31. The molecule has 0 saturated heterocycles. The second-order valence-corrected chi connectivity index (χ2v) is 3.93. The van der Waals surface area contributed by atoms with Crippen LogP contribution in [0, 0.1) is 10.1 Å². The van der Waals surface area contributed by atoms with Gasteiger partial charge < -0.3 is 10.6 Å². The van der Waals surface area contributed by atoms with Gasteiger partial charge in [-0.1, -0.05) is 17.7 Å².